The lowest BCUT2D eigenvalue weighted by molar-refractivity contribution is -0.117. The first kappa shape index (κ1) is 18.9. The average Bonchev–Trinajstić information content (AvgIpc) is 3.09. The lowest BCUT2D eigenvalue weighted by Crippen LogP contribution is -2.49. The third-order valence-corrected chi connectivity index (χ3v) is 4.50. The zero-order valence-corrected chi connectivity index (χ0v) is 15.7. The van der Waals surface area contributed by atoms with E-state index in [-0.39, 0.29) is 11.9 Å². The smallest absolute Gasteiger partial charge is 0.338 e. The number of imidazole rings is 1. The van der Waals surface area contributed by atoms with Crippen molar-refractivity contribution >= 4 is 23.5 Å². The van der Waals surface area contributed by atoms with Crippen LogP contribution in [0.1, 0.15) is 17.3 Å². The number of nitrogens with one attached hydrogen (secondary N) is 1. The third-order valence-electron chi connectivity index (χ3n) is 4.50. The van der Waals surface area contributed by atoms with Gasteiger partial charge in [0, 0.05) is 51.3 Å². The summed E-state index contributed by atoms with van der Waals surface area (Å²) in [5.41, 5.74) is 1.14. The number of piperazine rings is 1. The number of hydrogen-bond donors (Lipinski definition) is 1. The molecule has 1 saturated heterocycles. The van der Waals surface area contributed by atoms with E-state index >= 15 is 0 Å². The van der Waals surface area contributed by atoms with Gasteiger partial charge in [-0.25, -0.2) is 9.78 Å². The van der Waals surface area contributed by atoms with E-state index in [1.807, 2.05) is 17.8 Å². The van der Waals surface area contributed by atoms with Gasteiger partial charge < -0.3 is 19.5 Å². The lowest BCUT2D eigenvalue weighted by atomic mass is 10.2. The first-order valence-corrected chi connectivity index (χ1v) is 9.08. The molecule has 144 valence electrons. The molecular weight excluding hydrogens is 346 g/mol. The fourth-order valence-corrected chi connectivity index (χ4v) is 3.08. The van der Waals surface area contributed by atoms with Crippen LogP contribution in [0.5, 0.6) is 0 Å². The molecule has 0 spiro atoms. The summed E-state index contributed by atoms with van der Waals surface area (Å²) < 4.78 is 6.95. The van der Waals surface area contributed by atoms with Crippen LogP contribution in [0.4, 0.5) is 11.6 Å². The minimum Gasteiger partial charge on any atom is -0.462 e. The number of esters is 1. The van der Waals surface area contributed by atoms with E-state index in [9.17, 15) is 9.59 Å². The van der Waals surface area contributed by atoms with E-state index in [0.717, 1.165) is 32.1 Å². The maximum atomic E-state index is 12.3. The molecule has 8 nitrogen and oxygen atoms in total. The van der Waals surface area contributed by atoms with Crippen molar-refractivity contribution in [1.29, 1.82) is 0 Å². The van der Waals surface area contributed by atoms with Gasteiger partial charge in [0.25, 0.3) is 0 Å². The highest BCUT2D eigenvalue weighted by Gasteiger charge is 2.21. The maximum absolute atomic E-state index is 12.3. The Morgan fingerprint density at radius 3 is 2.44 bits per heavy atom. The van der Waals surface area contributed by atoms with Gasteiger partial charge in [-0.3, -0.25) is 9.69 Å². The molecule has 1 fully saturated rings. The summed E-state index contributed by atoms with van der Waals surface area (Å²) in [6.45, 7) is 5.74. The number of aryl methyl sites for hydroxylation is 1. The molecule has 8 heteroatoms. The third kappa shape index (κ3) is 4.85. The van der Waals surface area contributed by atoms with Gasteiger partial charge in [0.15, 0.2) is 0 Å². The fourth-order valence-electron chi connectivity index (χ4n) is 3.08. The first-order valence-electron chi connectivity index (χ1n) is 9.08. The Bertz CT molecular complexity index is 779. The second-order valence-electron chi connectivity index (χ2n) is 6.45. The minimum absolute atomic E-state index is 0.0654. The number of carbonyl (C=O) groups excluding carboxylic acids is 2. The summed E-state index contributed by atoms with van der Waals surface area (Å²) in [4.78, 5) is 32.7. The Balaban J connectivity index is 1.46. The van der Waals surface area contributed by atoms with E-state index in [2.05, 4.69) is 20.1 Å². The molecule has 27 heavy (non-hydrogen) atoms. The minimum atomic E-state index is -0.360. The van der Waals surface area contributed by atoms with Gasteiger partial charge in [-0.15, -0.1) is 0 Å². The summed E-state index contributed by atoms with van der Waals surface area (Å²) in [6, 6.07) is 6.73. The predicted molar refractivity (Wildman–Crippen MR) is 103 cm³/mol. The zero-order chi connectivity index (χ0) is 19.2. The summed E-state index contributed by atoms with van der Waals surface area (Å²) in [5.74, 6) is 0.533. The van der Waals surface area contributed by atoms with Crippen molar-refractivity contribution in [3.8, 4) is 0 Å². The summed E-state index contributed by atoms with van der Waals surface area (Å²) in [5, 5.41) is 2.87. The van der Waals surface area contributed by atoms with Crippen LogP contribution in [-0.2, 0) is 16.6 Å². The standard InChI is InChI=1S/C19H25N5O3/c1-3-27-18(26)15-4-6-16(7-5-15)21-17(25)14-23-10-12-24(13-11-23)19-20-8-9-22(19)2/h4-9H,3,10-14H2,1-2H3,(H,21,25). The molecule has 0 radical (unpaired) electrons. The highest BCUT2D eigenvalue weighted by atomic mass is 16.5. The largest absolute Gasteiger partial charge is 0.462 e. The molecule has 0 atom stereocenters. The van der Waals surface area contributed by atoms with Crippen molar-refractivity contribution < 1.29 is 14.3 Å². The average molecular weight is 371 g/mol. The number of hydrogen-bond acceptors (Lipinski definition) is 6. The Kier molecular flexibility index (Phi) is 6.08. The van der Waals surface area contributed by atoms with Crippen molar-refractivity contribution in [3.63, 3.8) is 0 Å². The summed E-state index contributed by atoms with van der Waals surface area (Å²) in [6.07, 6.45) is 3.73. The normalized spacial score (nSPS) is 14.8. The van der Waals surface area contributed by atoms with Crippen LogP contribution in [0.15, 0.2) is 36.7 Å². The SMILES string of the molecule is CCOC(=O)c1ccc(NC(=O)CN2CCN(c3nccn3C)CC2)cc1. The van der Waals surface area contributed by atoms with E-state index in [4.69, 9.17) is 4.74 Å². The monoisotopic (exact) mass is 371 g/mol. The van der Waals surface area contributed by atoms with Crippen molar-refractivity contribution in [3.05, 3.63) is 42.2 Å². The van der Waals surface area contributed by atoms with Crippen LogP contribution < -0.4 is 10.2 Å². The van der Waals surface area contributed by atoms with Crippen molar-refractivity contribution in [1.82, 2.24) is 14.5 Å². The predicted octanol–water partition coefficient (Wildman–Crippen LogP) is 1.36. The number of ether oxygens (including phenoxy) is 1. The van der Waals surface area contributed by atoms with Crippen molar-refractivity contribution in [2.24, 2.45) is 7.05 Å². The van der Waals surface area contributed by atoms with Crippen LogP contribution in [0.2, 0.25) is 0 Å². The molecular formula is C19H25N5O3. The molecule has 3 rings (SSSR count). The number of benzene rings is 1. The molecule has 0 unspecified atom stereocenters. The molecule has 1 aliphatic rings. The maximum Gasteiger partial charge on any atom is 0.338 e. The number of rotatable bonds is 6. The van der Waals surface area contributed by atoms with E-state index in [1.165, 1.54) is 0 Å². The van der Waals surface area contributed by atoms with Gasteiger partial charge >= 0.3 is 5.97 Å². The van der Waals surface area contributed by atoms with Gasteiger partial charge in [0.05, 0.1) is 18.7 Å². The first-order chi connectivity index (χ1) is 13.1. The van der Waals surface area contributed by atoms with Gasteiger partial charge in [-0.1, -0.05) is 0 Å². The van der Waals surface area contributed by atoms with Crippen molar-refractivity contribution in [2.45, 2.75) is 6.92 Å². The topological polar surface area (TPSA) is 79.7 Å². The number of nitrogens with zero attached hydrogens (tertiary/aromatic N) is 4. The number of carbonyl (C=O) groups is 2. The Morgan fingerprint density at radius 1 is 1.15 bits per heavy atom. The number of amides is 1. The Morgan fingerprint density at radius 2 is 1.85 bits per heavy atom. The molecule has 2 heterocycles. The van der Waals surface area contributed by atoms with Crippen LogP contribution in [0.3, 0.4) is 0 Å². The molecule has 0 bridgehead atoms. The highest BCUT2D eigenvalue weighted by molar-refractivity contribution is 5.94. The van der Waals surface area contributed by atoms with Gasteiger partial charge in [0.1, 0.15) is 0 Å². The highest BCUT2D eigenvalue weighted by Crippen LogP contribution is 2.14. The Labute approximate surface area is 158 Å². The van der Waals surface area contributed by atoms with Gasteiger partial charge in [-0.2, -0.15) is 0 Å². The molecule has 1 aliphatic heterocycles. The molecule has 1 amide bonds. The molecule has 1 aromatic heterocycles. The summed E-state index contributed by atoms with van der Waals surface area (Å²) in [7, 11) is 1.98. The number of aromatic nitrogens is 2. The molecule has 1 N–H and O–H groups in total. The van der Waals surface area contributed by atoms with E-state index in [0.29, 0.717) is 24.4 Å². The number of anilines is 2. The van der Waals surface area contributed by atoms with Gasteiger partial charge in [0.2, 0.25) is 11.9 Å². The fraction of sp³-hybridized carbons (Fsp3) is 0.421. The Hall–Kier alpha value is -2.87. The molecule has 0 saturated carbocycles. The van der Waals surface area contributed by atoms with E-state index < -0.39 is 0 Å². The van der Waals surface area contributed by atoms with Crippen LogP contribution >= 0.6 is 0 Å². The second-order valence-corrected chi connectivity index (χ2v) is 6.45. The van der Waals surface area contributed by atoms with Crippen LogP contribution in [-0.4, -0.2) is 65.7 Å². The summed E-state index contributed by atoms with van der Waals surface area (Å²) >= 11 is 0. The van der Waals surface area contributed by atoms with Crippen LogP contribution in [0, 0.1) is 0 Å². The second kappa shape index (κ2) is 8.68. The van der Waals surface area contributed by atoms with Gasteiger partial charge in [-0.05, 0) is 31.2 Å². The van der Waals surface area contributed by atoms with E-state index in [1.54, 1.807) is 37.4 Å². The quantitative estimate of drug-likeness (QED) is 0.773. The molecule has 0 aliphatic carbocycles. The molecule has 2 aromatic rings. The lowest BCUT2D eigenvalue weighted by Gasteiger charge is -2.34. The molecule has 1 aromatic carbocycles. The zero-order valence-electron chi connectivity index (χ0n) is 15.7. The van der Waals surface area contributed by atoms with Crippen molar-refractivity contribution in [2.75, 3.05) is 49.5 Å². The van der Waals surface area contributed by atoms with Crippen LogP contribution in [0.25, 0.3) is 0 Å².